The molecule has 0 unspecified atom stereocenters. The number of carbonyl (C=O) groups is 2. The van der Waals surface area contributed by atoms with E-state index in [0.29, 0.717) is 12.8 Å². The van der Waals surface area contributed by atoms with Crippen LogP contribution in [0.2, 0.25) is 0 Å². The summed E-state index contributed by atoms with van der Waals surface area (Å²) >= 11 is 0. The summed E-state index contributed by atoms with van der Waals surface area (Å²) in [5.41, 5.74) is 0.186. The first-order valence-corrected chi connectivity index (χ1v) is 8.57. The molecule has 3 rings (SSSR count). The van der Waals surface area contributed by atoms with Crippen molar-refractivity contribution in [2.45, 2.75) is 38.5 Å². The van der Waals surface area contributed by atoms with Crippen LogP contribution in [0.5, 0.6) is 0 Å². The third-order valence-corrected chi connectivity index (χ3v) is 5.12. The Morgan fingerprint density at radius 2 is 1.71 bits per heavy atom. The number of nitrogens with one attached hydrogen (secondary N) is 1. The molecule has 1 aliphatic carbocycles. The Balaban J connectivity index is 1.68. The Morgan fingerprint density at radius 1 is 1.00 bits per heavy atom. The van der Waals surface area contributed by atoms with Crippen LogP contribution in [0.1, 0.15) is 37.7 Å². The number of hydrogen-bond donors (Lipinski definition) is 2. The molecule has 2 aromatic carbocycles. The van der Waals surface area contributed by atoms with Crippen LogP contribution in [0.4, 0.5) is 0 Å². The molecule has 0 radical (unpaired) electrons. The van der Waals surface area contributed by atoms with Crippen LogP contribution in [-0.2, 0) is 16.0 Å². The summed E-state index contributed by atoms with van der Waals surface area (Å²) in [6.07, 6.45) is 4.50. The van der Waals surface area contributed by atoms with E-state index in [-0.39, 0.29) is 18.9 Å². The maximum atomic E-state index is 12.4. The van der Waals surface area contributed by atoms with Crippen molar-refractivity contribution >= 4 is 22.6 Å². The molecule has 1 aliphatic rings. The molecule has 2 aromatic rings. The highest BCUT2D eigenvalue weighted by Crippen LogP contribution is 2.36. The normalized spacial score (nSPS) is 16.7. The predicted molar refractivity (Wildman–Crippen MR) is 93.8 cm³/mol. The van der Waals surface area contributed by atoms with Crippen molar-refractivity contribution in [2.24, 2.45) is 5.41 Å². The zero-order chi connectivity index (χ0) is 17.0. The van der Waals surface area contributed by atoms with Gasteiger partial charge in [0.1, 0.15) is 0 Å². The lowest BCUT2D eigenvalue weighted by Crippen LogP contribution is -2.44. The van der Waals surface area contributed by atoms with Gasteiger partial charge in [0.15, 0.2) is 0 Å². The number of fused-ring (bicyclic) bond motifs is 1. The van der Waals surface area contributed by atoms with Crippen LogP contribution in [0.25, 0.3) is 10.8 Å². The summed E-state index contributed by atoms with van der Waals surface area (Å²) < 4.78 is 0. The van der Waals surface area contributed by atoms with Crippen molar-refractivity contribution in [3.8, 4) is 0 Å². The monoisotopic (exact) mass is 325 g/mol. The Morgan fingerprint density at radius 3 is 2.46 bits per heavy atom. The minimum Gasteiger partial charge on any atom is -0.481 e. The number of hydrogen-bond acceptors (Lipinski definition) is 2. The van der Waals surface area contributed by atoms with E-state index in [4.69, 9.17) is 0 Å². The number of carboxylic acids is 1. The van der Waals surface area contributed by atoms with Crippen LogP contribution < -0.4 is 5.32 Å². The SMILES string of the molecule is O=C(Cc1cccc2ccccc12)NCC1(C(=O)O)CCCCC1. The van der Waals surface area contributed by atoms with Crippen LogP contribution >= 0.6 is 0 Å². The maximum Gasteiger partial charge on any atom is 0.311 e. The van der Waals surface area contributed by atoms with Gasteiger partial charge in [0, 0.05) is 6.54 Å². The molecule has 0 aliphatic heterocycles. The number of benzene rings is 2. The topological polar surface area (TPSA) is 66.4 Å². The highest BCUT2D eigenvalue weighted by atomic mass is 16.4. The third kappa shape index (κ3) is 3.42. The lowest BCUT2D eigenvalue weighted by Gasteiger charge is -2.33. The third-order valence-electron chi connectivity index (χ3n) is 5.12. The molecule has 0 bridgehead atoms. The van der Waals surface area contributed by atoms with Crippen LogP contribution in [-0.4, -0.2) is 23.5 Å². The molecule has 0 spiro atoms. The van der Waals surface area contributed by atoms with Gasteiger partial charge in [-0.05, 0) is 29.2 Å². The fourth-order valence-electron chi connectivity index (χ4n) is 3.64. The van der Waals surface area contributed by atoms with Gasteiger partial charge in [-0.15, -0.1) is 0 Å². The molecule has 0 atom stereocenters. The Kier molecular flexibility index (Phi) is 4.84. The first-order valence-electron chi connectivity index (χ1n) is 8.57. The summed E-state index contributed by atoms with van der Waals surface area (Å²) in [5, 5.41) is 14.6. The van der Waals surface area contributed by atoms with E-state index in [2.05, 4.69) is 5.32 Å². The summed E-state index contributed by atoms with van der Waals surface area (Å²) in [6.45, 7) is 0.228. The Hall–Kier alpha value is -2.36. The van der Waals surface area contributed by atoms with Gasteiger partial charge in [-0.3, -0.25) is 9.59 Å². The highest BCUT2D eigenvalue weighted by Gasteiger charge is 2.39. The zero-order valence-corrected chi connectivity index (χ0v) is 13.8. The molecule has 1 fully saturated rings. The standard InChI is InChI=1S/C20H23NO3/c22-18(21-14-20(19(23)24)11-4-1-5-12-20)13-16-9-6-8-15-7-2-3-10-17(15)16/h2-3,6-10H,1,4-5,11-14H2,(H,21,22)(H,23,24). The van der Waals surface area contributed by atoms with E-state index in [9.17, 15) is 14.7 Å². The zero-order valence-electron chi connectivity index (χ0n) is 13.8. The quantitative estimate of drug-likeness (QED) is 0.884. The average molecular weight is 325 g/mol. The van der Waals surface area contributed by atoms with E-state index < -0.39 is 11.4 Å². The summed E-state index contributed by atoms with van der Waals surface area (Å²) in [4.78, 5) is 24.0. The van der Waals surface area contributed by atoms with Gasteiger partial charge < -0.3 is 10.4 Å². The van der Waals surface area contributed by atoms with Gasteiger partial charge in [0.25, 0.3) is 0 Å². The largest absolute Gasteiger partial charge is 0.481 e. The number of carboxylic acid groups (broad SMARTS) is 1. The van der Waals surface area contributed by atoms with E-state index >= 15 is 0 Å². The van der Waals surface area contributed by atoms with Crippen LogP contribution in [0.15, 0.2) is 42.5 Å². The molecule has 126 valence electrons. The second kappa shape index (κ2) is 7.04. The maximum absolute atomic E-state index is 12.4. The molecule has 0 heterocycles. The number of aliphatic carboxylic acids is 1. The molecule has 0 saturated heterocycles. The molecular weight excluding hydrogens is 302 g/mol. The van der Waals surface area contributed by atoms with Crippen molar-refractivity contribution in [1.29, 1.82) is 0 Å². The van der Waals surface area contributed by atoms with Crippen molar-refractivity contribution in [3.05, 3.63) is 48.0 Å². The van der Waals surface area contributed by atoms with Gasteiger partial charge in [-0.2, -0.15) is 0 Å². The Bertz CT molecular complexity index is 742. The second-order valence-corrected chi connectivity index (χ2v) is 6.74. The smallest absolute Gasteiger partial charge is 0.311 e. The minimum absolute atomic E-state index is 0.113. The molecular formula is C20H23NO3. The van der Waals surface area contributed by atoms with Crippen molar-refractivity contribution < 1.29 is 14.7 Å². The van der Waals surface area contributed by atoms with Crippen LogP contribution in [0.3, 0.4) is 0 Å². The van der Waals surface area contributed by atoms with Gasteiger partial charge in [0.05, 0.1) is 11.8 Å². The fourth-order valence-corrected chi connectivity index (χ4v) is 3.64. The first-order chi connectivity index (χ1) is 11.6. The number of carbonyl (C=O) groups excluding carboxylic acids is 1. The lowest BCUT2D eigenvalue weighted by atomic mass is 9.74. The molecule has 2 N–H and O–H groups in total. The molecule has 1 saturated carbocycles. The van der Waals surface area contributed by atoms with Crippen molar-refractivity contribution in [2.75, 3.05) is 6.54 Å². The van der Waals surface area contributed by atoms with Gasteiger partial charge in [-0.1, -0.05) is 61.7 Å². The molecule has 4 heteroatoms. The highest BCUT2D eigenvalue weighted by molar-refractivity contribution is 5.90. The molecule has 1 amide bonds. The second-order valence-electron chi connectivity index (χ2n) is 6.74. The number of rotatable bonds is 5. The van der Waals surface area contributed by atoms with E-state index in [1.165, 1.54) is 0 Å². The predicted octanol–water partition coefficient (Wildman–Crippen LogP) is 3.53. The molecule has 0 aromatic heterocycles. The van der Waals surface area contributed by atoms with Crippen LogP contribution in [0, 0.1) is 5.41 Å². The van der Waals surface area contributed by atoms with E-state index in [1.807, 2.05) is 42.5 Å². The minimum atomic E-state index is -0.785. The molecule has 4 nitrogen and oxygen atoms in total. The number of amides is 1. The van der Waals surface area contributed by atoms with Crippen molar-refractivity contribution in [3.63, 3.8) is 0 Å². The van der Waals surface area contributed by atoms with Crippen molar-refractivity contribution in [1.82, 2.24) is 5.32 Å². The molecule has 24 heavy (non-hydrogen) atoms. The average Bonchev–Trinajstić information content (AvgIpc) is 2.61. The van der Waals surface area contributed by atoms with E-state index in [0.717, 1.165) is 35.6 Å². The first kappa shape index (κ1) is 16.5. The summed E-state index contributed by atoms with van der Waals surface area (Å²) in [7, 11) is 0. The Labute approximate surface area is 141 Å². The lowest BCUT2D eigenvalue weighted by molar-refractivity contribution is -0.151. The van der Waals surface area contributed by atoms with Gasteiger partial charge in [-0.25, -0.2) is 0 Å². The summed E-state index contributed by atoms with van der Waals surface area (Å²) in [6, 6.07) is 13.9. The summed E-state index contributed by atoms with van der Waals surface area (Å²) in [5.74, 6) is -0.898. The van der Waals surface area contributed by atoms with E-state index in [1.54, 1.807) is 0 Å². The fraction of sp³-hybridized carbons (Fsp3) is 0.400. The van der Waals surface area contributed by atoms with Gasteiger partial charge in [0.2, 0.25) is 5.91 Å². The van der Waals surface area contributed by atoms with Gasteiger partial charge >= 0.3 is 5.97 Å².